The quantitative estimate of drug-likeness (QED) is 0.897. The maximum absolute atomic E-state index is 6.11. The van der Waals surface area contributed by atoms with Gasteiger partial charge in [0.05, 0.1) is 18.3 Å². The first-order valence-electron chi connectivity index (χ1n) is 6.71. The van der Waals surface area contributed by atoms with Crippen molar-refractivity contribution in [1.82, 2.24) is 19.3 Å². The molecular formula is C13H23N5O. The smallest absolute Gasteiger partial charge is 0.202 e. The monoisotopic (exact) mass is 265 g/mol. The summed E-state index contributed by atoms with van der Waals surface area (Å²) in [7, 11) is 1.71. The molecule has 0 saturated carbocycles. The minimum Gasteiger partial charge on any atom is -0.383 e. The summed E-state index contributed by atoms with van der Waals surface area (Å²) >= 11 is 0. The van der Waals surface area contributed by atoms with Crippen molar-refractivity contribution in [3.05, 3.63) is 5.69 Å². The first-order chi connectivity index (χ1) is 9.01. The van der Waals surface area contributed by atoms with Gasteiger partial charge in [0.2, 0.25) is 5.95 Å². The molecular weight excluding hydrogens is 242 g/mol. The van der Waals surface area contributed by atoms with E-state index in [1.807, 2.05) is 11.6 Å². The third kappa shape index (κ3) is 2.20. The highest BCUT2D eigenvalue weighted by molar-refractivity contribution is 5.77. The van der Waals surface area contributed by atoms with E-state index < -0.39 is 0 Å². The van der Waals surface area contributed by atoms with Gasteiger partial charge in [-0.3, -0.25) is 4.57 Å². The Morgan fingerprint density at radius 3 is 2.58 bits per heavy atom. The van der Waals surface area contributed by atoms with Crippen molar-refractivity contribution in [3.8, 4) is 0 Å². The van der Waals surface area contributed by atoms with Gasteiger partial charge in [-0.25, -0.2) is 9.67 Å². The Balaban J connectivity index is 2.66. The molecule has 106 valence electrons. The van der Waals surface area contributed by atoms with Crippen LogP contribution in [0.1, 0.15) is 32.5 Å². The minimum atomic E-state index is 0.163. The Labute approximate surface area is 113 Å². The number of ether oxygens (including phenoxy) is 1. The zero-order valence-corrected chi connectivity index (χ0v) is 12.3. The van der Waals surface area contributed by atoms with E-state index in [1.165, 1.54) is 0 Å². The largest absolute Gasteiger partial charge is 0.383 e. The van der Waals surface area contributed by atoms with Crippen LogP contribution in [0.4, 0.5) is 5.95 Å². The fraction of sp³-hybridized carbons (Fsp3) is 0.692. The van der Waals surface area contributed by atoms with E-state index in [1.54, 1.807) is 7.11 Å². The number of imidazole rings is 1. The molecule has 2 aromatic heterocycles. The second-order valence-electron chi connectivity index (χ2n) is 5.18. The number of anilines is 1. The molecule has 6 nitrogen and oxygen atoms in total. The molecule has 2 rings (SSSR count). The number of methoxy groups -OCH3 is 1. The number of nitrogens with zero attached hydrogens (tertiary/aromatic N) is 4. The zero-order valence-electron chi connectivity index (χ0n) is 12.3. The second-order valence-corrected chi connectivity index (χ2v) is 5.18. The maximum atomic E-state index is 6.11. The Kier molecular flexibility index (Phi) is 3.80. The molecule has 19 heavy (non-hydrogen) atoms. The predicted octanol–water partition coefficient (Wildman–Crippen LogP) is 1.99. The van der Waals surface area contributed by atoms with E-state index in [2.05, 4.69) is 35.4 Å². The van der Waals surface area contributed by atoms with Crippen LogP contribution in [0, 0.1) is 12.8 Å². The highest BCUT2D eigenvalue weighted by Crippen LogP contribution is 2.29. The first kappa shape index (κ1) is 13.9. The van der Waals surface area contributed by atoms with Crippen molar-refractivity contribution < 1.29 is 4.74 Å². The molecule has 2 N–H and O–H groups in total. The number of hydrogen-bond acceptors (Lipinski definition) is 4. The molecule has 0 aliphatic heterocycles. The molecule has 0 aromatic carbocycles. The average molecular weight is 265 g/mol. The molecule has 0 saturated heterocycles. The van der Waals surface area contributed by atoms with Crippen LogP contribution < -0.4 is 5.73 Å². The van der Waals surface area contributed by atoms with Crippen molar-refractivity contribution >= 4 is 17.1 Å². The number of fused-ring (bicyclic) bond motifs is 1. The van der Waals surface area contributed by atoms with E-state index in [0.717, 1.165) is 23.4 Å². The van der Waals surface area contributed by atoms with Crippen molar-refractivity contribution in [2.24, 2.45) is 5.92 Å². The first-order valence-corrected chi connectivity index (χ1v) is 6.71. The van der Waals surface area contributed by atoms with Gasteiger partial charge in [0.15, 0.2) is 5.65 Å². The van der Waals surface area contributed by atoms with E-state index >= 15 is 0 Å². The van der Waals surface area contributed by atoms with Gasteiger partial charge in [0, 0.05) is 13.7 Å². The Morgan fingerprint density at radius 2 is 2.05 bits per heavy atom. The number of rotatable bonds is 5. The summed E-state index contributed by atoms with van der Waals surface area (Å²) in [6.07, 6.45) is 0. The molecule has 0 aliphatic rings. The average Bonchev–Trinajstić information content (AvgIpc) is 2.84. The standard InChI is InChI=1S/C13H23N5O/c1-6-17-12-11(9(4)16-17)15-13(14)18(12)10(7-19-5)8(2)3/h8,10H,6-7H2,1-5H3,(H2,14,15). The highest BCUT2D eigenvalue weighted by Gasteiger charge is 2.24. The molecule has 0 bridgehead atoms. The van der Waals surface area contributed by atoms with Gasteiger partial charge < -0.3 is 10.5 Å². The fourth-order valence-electron chi connectivity index (χ4n) is 2.49. The van der Waals surface area contributed by atoms with Gasteiger partial charge in [-0.05, 0) is 19.8 Å². The molecule has 0 radical (unpaired) electrons. The Morgan fingerprint density at radius 1 is 1.37 bits per heavy atom. The molecule has 1 atom stereocenters. The molecule has 6 heteroatoms. The second kappa shape index (κ2) is 5.21. The summed E-state index contributed by atoms with van der Waals surface area (Å²) in [5, 5.41) is 4.51. The van der Waals surface area contributed by atoms with Crippen molar-refractivity contribution in [1.29, 1.82) is 0 Å². The van der Waals surface area contributed by atoms with Crippen LogP contribution in [0.3, 0.4) is 0 Å². The highest BCUT2D eigenvalue weighted by atomic mass is 16.5. The molecule has 2 aromatic rings. The maximum Gasteiger partial charge on any atom is 0.202 e. The van der Waals surface area contributed by atoms with Gasteiger partial charge in [-0.1, -0.05) is 13.8 Å². The lowest BCUT2D eigenvalue weighted by molar-refractivity contribution is 0.135. The topological polar surface area (TPSA) is 70.9 Å². The van der Waals surface area contributed by atoms with Crippen LogP contribution in [0.15, 0.2) is 0 Å². The molecule has 0 amide bonds. The lowest BCUT2D eigenvalue weighted by Gasteiger charge is -2.23. The van der Waals surface area contributed by atoms with Crippen LogP contribution in [0.5, 0.6) is 0 Å². The predicted molar refractivity (Wildman–Crippen MR) is 76.1 cm³/mol. The Bertz CT molecular complexity index is 569. The summed E-state index contributed by atoms with van der Waals surface area (Å²) < 4.78 is 9.36. The molecule has 0 spiro atoms. The number of hydrogen-bond donors (Lipinski definition) is 1. The molecule has 2 heterocycles. The van der Waals surface area contributed by atoms with Crippen LogP contribution >= 0.6 is 0 Å². The number of nitrogens with two attached hydrogens (primary N) is 1. The lowest BCUT2D eigenvalue weighted by atomic mass is 10.1. The van der Waals surface area contributed by atoms with Gasteiger partial charge in [0.1, 0.15) is 5.52 Å². The molecule has 0 aliphatic carbocycles. The van der Waals surface area contributed by atoms with E-state index in [0.29, 0.717) is 18.5 Å². The third-order valence-electron chi connectivity index (χ3n) is 3.51. The van der Waals surface area contributed by atoms with Gasteiger partial charge >= 0.3 is 0 Å². The van der Waals surface area contributed by atoms with Crippen LogP contribution in [0.25, 0.3) is 11.2 Å². The van der Waals surface area contributed by atoms with Crippen LogP contribution in [0.2, 0.25) is 0 Å². The van der Waals surface area contributed by atoms with E-state index in [-0.39, 0.29) is 6.04 Å². The fourth-order valence-corrected chi connectivity index (χ4v) is 2.49. The summed E-state index contributed by atoms with van der Waals surface area (Å²) in [6.45, 7) is 9.77. The molecule has 1 unspecified atom stereocenters. The SMILES string of the molecule is CCn1nc(C)c2nc(N)n(C(COC)C(C)C)c21. The number of aromatic nitrogens is 4. The van der Waals surface area contributed by atoms with Crippen molar-refractivity contribution in [3.63, 3.8) is 0 Å². The summed E-state index contributed by atoms with van der Waals surface area (Å²) in [4.78, 5) is 4.47. The third-order valence-corrected chi connectivity index (χ3v) is 3.51. The van der Waals surface area contributed by atoms with Gasteiger partial charge in [0.25, 0.3) is 0 Å². The summed E-state index contributed by atoms with van der Waals surface area (Å²) in [5.41, 5.74) is 8.92. The summed E-state index contributed by atoms with van der Waals surface area (Å²) in [6, 6.07) is 0.163. The summed E-state index contributed by atoms with van der Waals surface area (Å²) in [5.74, 6) is 0.939. The zero-order chi connectivity index (χ0) is 14.2. The lowest BCUT2D eigenvalue weighted by Crippen LogP contribution is -2.23. The van der Waals surface area contributed by atoms with Crippen LogP contribution in [-0.2, 0) is 11.3 Å². The van der Waals surface area contributed by atoms with Crippen molar-refractivity contribution in [2.45, 2.75) is 40.3 Å². The van der Waals surface area contributed by atoms with Crippen molar-refractivity contribution in [2.75, 3.05) is 19.5 Å². The minimum absolute atomic E-state index is 0.163. The van der Waals surface area contributed by atoms with E-state index in [4.69, 9.17) is 10.5 Å². The Hall–Kier alpha value is -1.56. The van der Waals surface area contributed by atoms with Gasteiger partial charge in [-0.2, -0.15) is 5.10 Å². The number of nitrogen functional groups attached to an aromatic ring is 1. The van der Waals surface area contributed by atoms with E-state index in [9.17, 15) is 0 Å². The molecule has 0 fully saturated rings. The normalized spacial score (nSPS) is 13.6. The number of aryl methyl sites for hydroxylation is 2. The van der Waals surface area contributed by atoms with Gasteiger partial charge in [-0.15, -0.1) is 0 Å². The van der Waals surface area contributed by atoms with Crippen LogP contribution in [-0.4, -0.2) is 33.0 Å².